The van der Waals surface area contributed by atoms with Gasteiger partial charge in [-0.15, -0.1) is 0 Å². The maximum Gasteiger partial charge on any atom is 0.200 e. The number of hydrogen-bond donors (Lipinski definition) is 0. The molecule has 1 aliphatic carbocycles. The van der Waals surface area contributed by atoms with Crippen molar-refractivity contribution in [3.8, 4) is 0 Å². The minimum absolute atomic E-state index is 0.0253. The first-order valence-corrected chi connectivity index (χ1v) is 6.76. The van der Waals surface area contributed by atoms with Crippen molar-refractivity contribution in [3.05, 3.63) is 57.7 Å². The Hall–Kier alpha value is -2.42. The summed E-state index contributed by atoms with van der Waals surface area (Å²) in [7, 11) is 0. The van der Waals surface area contributed by atoms with Crippen molar-refractivity contribution in [2.45, 2.75) is 19.3 Å². The molecule has 0 aliphatic heterocycles. The normalized spacial score (nSPS) is 14.7. The molecule has 2 aromatic carbocycles. The summed E-state index contributed by atoms with van der Waals surface area (Å²) in [4.78, 5) is 24.5. The van der Waals surface area contributed by atoms with Crippen LogP contribution in [0.25, 0.3) is 21.9 Å². The van der Waals surface area contributed by atoms with Crippen LogP contribution in [0.1, 0.15) is 28.8 Å². The van der Waals surface area contributed by atoms with Gasteiger partial charge in [-0.25, -0.2) is 0 Å². The van der Waals surface area contributed by atoms with E-state index >= 15 is 0 Å². The van der Waals surface area contributed by atoms with Gasteiger partial charge in [0.25, 0.3) is 0 Å². The lowest BCUT2D eigenvalue weighted by Gasteiger charge is -2.15. The molecule has 3 aromatic rings. The van der Waals surface area contributed by atoms with E-state index in [-0.39, 0.29) is 11.2 Å². The highest BCUT2D eigenvalue weighted by molar-refractivity contribution is 6.02. The highest BCUT2D eigenvalue weighted by Crippen LogP contribution is 2.27. The Bertz CT molecular complexity index is 919. The summed E-state index contributed by atoms with van der Waals surface area (Å²) < 4.78 is 5.79. The predicted octanol–water partition coefficient (Wildman–Crippen LogP) is 3.47. The van der Waals surface area contributed by atoms with Gasteiger partial charge in [0, 0.05) is 12.0 Å². The summed E-state index contributed by atoms with van der Waals surface area (Å²) in [6, 6.07) is 10.8. The highest BCUT2D eigenvalue weighted by Gasteiger charge is 2.19. The molecule has 98 valence electrons. The van der Waals surface area contributed by atoms with E-state index in [0.29, 0.717) is 33.9 Å². The number of rotatable bonds is 0. The Balaban J connectivity index is 2.16. The number of carbonyl (C=O) groups excluding carboxylic acids is 1. The topological polar surface area (TPSA) is 47.3 Å². The zero-order chi connectivity index (χ0) is 13.7. The minimum atomic E-state index is -0.0253. The van der Waals surface area contributed by atoms with Crippen LogP contribution in [0.5, 0.6) is 0 Å². The van der Waals surface area contributed by atoms with Gasteiger partial charge in [0.05, 0.1) is 10.8 Å². The van der Waals surface area contributed by atoms with Gasteiger partial charge in [-0.2, -0.15) is 0 Å². The van der Waals surface area contributed by atoms with Gasteiger partial charge < -0.3 is 4.42 Å². The monoisotopic (exact) mass is 264 g/mol. The van der Waals surface area contributed by atoms with Crippen LogP contribution in [0.15, 0.2) is 45.6 Å². The fraction of sp³-hybridized carbons (Fsp3) is 0.176. The number of para-hydroxylation sites is 1. The van der Waals surface area contributed by atoms with Crippen molar-refractivity contribution in [1.82, 2.24) is 0 Å². The van der Waals surface area contributed by atoms with E-state index in [2.05, 4.69) is 0 Å². The lowest BCUT2D eigenvalue weighted by Crippen LogP contribution is -2.12. The maximum absolute atomic E-state index is 12.5. The average Bonchev–Trinajstić information content (AvgIpc) is 2.47. The molecule has 1 heterocycles. The zero-order valence-corrected chi connectivity index (χ0v) is 10.8. The predicted molar refractivity (Wildman–Crippen MR) is 77.3 cm³/mol. The Morgan fingerprint density at radius 2 is 1.75 bits per heavy atom. The molecule has 0 saturated heterocycles. The molecule has 0 N–H and O–H groups in total. The van der Waals surface area contributed by atoms with Gasteiger partial charge in [-0.3, -0.25) is 9.59 Å². The minimum Gasteiger partial charge on any atom is -0.456 e. The molecular weight excluding hydrogens is 252 g/mol. The van der Waals surface area contributed by atoms with Gasteiger partial charge in [-0.05, 0) is 42.7 Å². The van der Waals surface area contributed by atoms with Crippen molar-refractivity contribution in [2.24, 2.45) is 0 Å². The molecule has 0 unspecified atom stereocenters. The molecular formula is C17H12O3. The second kappa shape index (κ2) is 4.04. The fourth-order valence-corrected chi connectivity index (χ4v) is 2.93. The van der Waals surface area contributed by atoms with Crippen molar-refractivity contribution in [3.63, 3.8) is 0 Å². The van der Waals surface area contributed by atoms with Crippen molar-refractivity contribution >= 4 is 27.7 Å². The third kappa shape index (κ3) is 1.53. The van der Waals surface area contributed by atoms with E-state index in [1.807, 2.05) is 18.2 Å². The highest BCUT2D eigenvalue weighted by atomic mass is 16.3. The Labute approximate surface area is 114 Å². The first-order chi connectivity index (χ1) is 9.74. The summed E-state index contributed by atoms with van der Waals surface area (Å²) in [5.74, 6) is 0.143. The number of aryl methyl sites for hydroxylation is 1. The molecule has 1 aliphatic rings. The second-order valence-electron chi connectivity index (χ2n) is 5.21. The van der Waals surface area contributed by atoms with E-state index in [1.165, 1.54) is 0 Å². The van der Waals surface area contributed by atoms with Crippen LogP contribution in [-0.4, -0.2) is 5.78 Å². The van der Waals surface area contributed by atoms with E-state index in [1.54, 1.807) is 18.2 Å². The lowest BCUT2D eigenvalue weighted by atomic mass is 9.89. The van der Waals surface area contributed by atoms with Gasteiger partial charge in [0.15, 0.2) is 5.78 Å². The summed E-state index contributed by atoms with van der Waals surface area (Å²) in [5.41, 5.74) is 2.72. The number of ketones is 1. The van der Waals surface area contributed by atoms with Crippen LogP contribution >= 0.6 is 0 Å². The smallest absolute Gasteiger partial charge is 0.200 e. The van der Waals surface area contributed by atoms with E-state index < -0.39 is 0 Å². The SMILES string of the molecule is O=C1CCCc2cc3c(=O)c4ccccc4oc3cc21. The first kappa shape index (κ1) is 11.4. The molecule has 4 rings (SSSR count). The van der Waals surface area contributed by atoms with Gasteiger partial charge in [0.1, 0.15) is 11.2 Å². The van der Waals surface area contributed by atoms with Gasteiger partial charge in [-0.1, -0.05) is 12.1 Å². The average molecular weight is 264 g/mol. The van der Waals surface area contributed by atoms with E-state index in [4.69, 9.17) is 4.42 Å². The number of hydrogen-bond acceptors (Lipinski definition) is 3. The third-order valence-electron chi connectivity index (χ3n) is 3.95. The van der Waals surface area contributed by atoms with E-state index in [9.17, 15) is 9.59 Å². The molecule has 0 bridgehead atoms. The summed E-state index contributed by atoms with van der Waals surface area (Å²) in [6.07, 6.45) is 2.29. The Morgan fingerprint density at radius 1 is 0.900 bits per heavy atom. The van der Waals surface area contributed by atoms with Crippen LogP contribution in [0.2, 0.25) is 0 Å². The first-order valence-electron chi connectivity index (χ1n) is 6.76. The summed E-state index contributed by atoms with van der Waals surface area (Å²) >= 11 is 0. The third-order valence-corrected chi connectivity index (χ3v) is 3.95. The van der Waals surface area contributed by atoms with Crippen LogP contribution in [0, 0.1) is 0 Å². The number of fused-ring (bicyclic) bond motifs is 3. The standard InChI is InChI=1S/C17H12O3/c18-14-6-3-4-10-8-13-16(9-12(10)14)20-15-7-2-1-5-11(15)17(13)19/h1-2,5,7-9H,3-4,6H2. The van der Waals surface area contributed by atoms with Crippen LogP contribution in [-0.2, 0) is 6.42 Å². The van der Waals surface area contributed by atoms with Crippen LogP contribution in [0.4, 0.5) is 0 Å². The van der Waals surface area contributed by atoms with Gasteiger partial charge >= 0.3 is 0 Å². The quantitative estimate of drug-likeness (QED) is 0.584. The van der Waals surface area contributed by atoms with Crippen molar-refractivity contribution < 1.29 is 9.21 Å². The second-order valence-corrected chi connectivity index (χ2v) is 5.21. The van der Waals surface area contributed by atoms with Crippen LogP contribution in [0.3, 0.4) is 0 Å². The van der Waals surface area contributed by atoms with Gasteiger partial charge in [0.2, 0.25) is 5.43 Å². The largest absolute Gasteiger partial charge is 0.456 e. The number of carbonyl (C=O) groups is 1. The molecule has 0 atom stereocenters. The zero-order valence-electron chi connectivity index (χ0n) is 10.8. The number of benzene rings is 2. The molecule has 1 aromatic heterocycles. The Kier molecular flexibility index (Phi) is 2.30. The molecule has 3 nitrogen and oxygen atoms in total. The molecule has 0 saturated carbocycles. The van der Waals surface area contributed by atoms with E-state index in [0.717, 1.165) is 18.4 Å². The summed E-state index contributed by atoms with van der Waals surface area (Å²) in [5, 5.41) is 1.15. The van der Waals surface area contributed by atoms with Crippen molar-refractivity contribution in [2.75, 3.05) is 0 Å². The molecule has 0 spiro atoms. The molecule has 0 radical (unpaired) electrons. The Morgan fingerprint density at radius 3 is 2.65 bits per heavy atom. The van der Waals surface area contributed by atoms with Crippen LogP contribution < -0.4 is 5.43 Å². The number of Topliss-reactive ketones (excluding diaryl/α,β-unsaturated/α-hetero) is 1. The molecule has 0 amide bonds. The fourth-order valence-electron chi connectivity index (χ4n) is 2.93. The molecule has 20 heavy (non-hydrogen) atoms. The molecule has 3 heteroatoms. The summed E-state index contributed by atoms with van der Waals surface area (Å²) in [6.45, 7) is 0. The molecule has 0 fully saturated rings. The maximum atomic E-state index is 12.5. The van der Waals surface area contributed by atoms with Crippen molar-refractivity contribution in [1.29, 1.82) is 0 Å². The lowest BCUT2D eigenvalue weighted by molar-refractivity contribution is 0.0972.